The molecule has 0 aliphatic carbocycles. The number of aromatic nitrogens is 1. The van der Waals surface area contributed by atoms with Crippen molar-refractivity contribution in [2.75, 3.05) is 34.4 Å². The summed E-state index contributed by atoms with van der Waals surface area (Å²) in [7, 11) is 5.17. The van der Waals surface area contributed by atoms with Crippen LogP contribution in [0.2, 0.25) is 0 Å². The molecule has 0 radical (unpaired) electrons. The molecule has 30 heavy (non-hydrogen) atoms. The highest BCUT2D eigenvalue weighted by Gasteiger charge is 2.23. The lowest BCUT2D eigenvalue weighted by molar-refractivity contribution is 0.321. The summed E-state index contributed by atoms with van der Waals surface area (Å²) < 4.78 is 10.8. The Morgan fingerprint density at radius 2 is 2.00 bits per heavy atom. The molecule has 1 aliphatic rings. The van der Waals surface area contributed by atoms with Crippen molar-refractivity contribution < 1.29 is 9.47 Å². The summed E-state index contributed by atoms with van der Waals surface area (Å²) in [6, 6.07) is 6.42. The van der Waals surface area contributed by atoms with Gasteiger partial charge in [0, 0.05) is 49.9 Å². The molecule has 0 saturated carbocycles. The Hall–Kier alpha value is -1.59. The topological polar surface area (TPSA) is 71.0 Å². The van der Waals surface area contributed by atoms with E-state index in [1.54, 1.807) is 25.6 Å². The van der Waals surface area contributed by atoms with Crippen LogP contribution in [0.25, 0.3) is 0 Å². The molecular weight excluding hydrogens is 513 g/mol. The third-order valence-electron chi connectivity index (χ3n) is 5.01. The van der Waals surface area contributed by atoms with Crippen LogP contribution in [0.5, 0.6) is 11.5 Å². The molecular formula is C21H32IN5O2S. The zero-order valence-corrected chi connectivity index (χ0v) is 21.3. The molecule has 2 N–H and O–H groups in total. The predicted octanol–water partition coefficient (Wildman–Crippen LogP) is 3.28. The van der Waals surface area contributed by atoms with Crippen LogP contribution in [0, 0.1) is 0 Å². The summed E-state index contributed by atoms with van der Waals surface area (Å²) in [5.74, 6) is 2.48. The maximum Gasteiger partial charge on any atom is 0.191 e. The quantitative estimate of drug-likeness (QED) is 0.302. The zero-order chi connectivity index (χ0) is 20.6. The van der Waals surface area contributed by atoms with E-state index in [1.165, 1.54) is 10.4 Å². The second kappa shape index (κ2) is 12.3. The van der Waals surface area contributed by atoms with E-state index in [0.717, 1.165) is 54.9 Å². The van der Waals surface area contributed by atoms with E-state index in [0.29, 0.717) is 12.6 Å². The molecule has 2 heterocycles. The number of rotatable bonds is 8. The van der Waals surface area contributed by atoms with Crippen LogP contribution in [0.3, 0.4) is 0 Å². The molecule has 1 atom stereocenters. The number of hydrogen-bond donors (Lipinski definition) is 2. The Kier molecular flexibility index (Phi) is 10.1. The minimum atomic E-state index is 0. The number of methoxy groups -OCH3 is 2. The average Bonchev–Trinajstić information content (AvgIpc) is 3.39. The molecule has 2 aromatic rings. The Labute approximate surface area is 200 Å². The summed E-state index contributed by atoms with van der Waals surface area (Å²) in [6.07, 6.45) is 4.07. The molecule has 0 spiro atoms. The van der Waals surface area contributed by atoms with E-state index in [1.807, 2.05) is 19.3 Å². The number of ether oxygens (including phenoxy) is 2. The molecule has 1 aromatic carbocycles. The first-order valence-electron chi connectivity index (χ1n) is 9.98. The molecule has 1 saturated heterocycles. The SMILES string of the molecule is CCc1cnc(CNC(=NC)NC2CCN(Cc3cc(OC)cc(OC)c3)C2)s1.I. The van der Waals surface area contributed by atoms with Gasteiger partial charge in [-0.15, -0.1) is 35.3 Å². The van der Waals surface area contributed by atoms with Gasteiger partial charge < -0.3 is 20.1 Å². The molecule has 1 fully saturated rings. The molecule has 0 bridgehead atoms. The van der Waals surface area contributed by atoms with Crippen molar-refractivity contribution in [1.29, 1.82) is 0 Å². The number of hydrogen-bond acceptors (Lipinski definition) is 6. The smallest absolute Gasteiger partial charge is 0.191 e. The molecule has 7 nitrogen and oxygen atoms in total. The van der Waals surface area contributed by atoms with Crippen molar-refractivity contribution in [2.45, 2.75) is 38.9 Å². The van der Waals surface area contributed by atoms with E-state index < -0.39 is 0 Å². The maximum atomic E-state index is 5.38. The number of guanidine groups is 1. The van der Waals surface area contributed by atoms with Gasteiger partial charge in [-0.25, -0.2) is 4.98 Å². The number of aliphatic imine (C=N–C) groups is 1. The highest BCUT2D eigenvalue weighted by atomic mass is 127. The Balaban J connectivity index is 0.00000320. The Morgan fingerprint density at radius 3 is 2.60 bits per heavy atom. The maximum absolute atomic E-state index is 5.38. The lowest BCUT2D eigenvalue weighted by Gasteiger charge is -2.19. The summed E-state index contributed by atoms with van der Waals surface area (Å²) in [5, 5.41) is 8.01. The van der Waals surface area contributed by atoms with E-state index >= 15 is 0 Å². The number of nitrogens with zero attached hydrogens (tertiary/aromatic N) is 3. The van der Waals surface area contributed by atoms with Crippen molar-refractivity contribution in [1.82, 2.24) is 20.5 Å². The third kappa shape index (κ3) is 6.98. The van der Waals surface area contributed by atoms with Crippen LogP contribution >= 0.6 is 35.3 Å². The van der Waals surface area contributed by atoms with Gasteiger partial charge in [-0.1, -0.05) is 6.92 Å². The molecule has 9 heteroatoms. The van der Waals surface area contributed by atoms with E-state index in [-0.39, 0.29) is 24.0 Å². The van der Waals surface area contributed by atoms with Crippen LogP contribution in [0.1, 0.15) is 28.8 Å². The van der Waals surface area contributed by atoms with E-state index in [9.17, 15) is 0 Å². The highest BCUT2D eigenvalue weighted by molar-refractivity contribution is 14.0. The van der Waals surface area contributed by atoms with Gasteiger partial charge in [-0.2, -0.15) is 0 Å². The Morgan fingerprint density at radius 1 is 1.27 bits per heavy atom. The average molecular weight is 545 g/mol. The molecule has 1 aliphatic heterocycles. The molecule has 166 valence electrons. The van der Waals surface area contributed by atoms with Crippen molar-refractivity contribution in [3.63, 3.8) is 0 Å². The largest absolute Gasteiger partial charge is 0.497 e. The van der Waals surface area contributed by atoms with Crippen LogP contribution in [0.4, 0.5) is 0 Å². The number of aryl methyl sites for hydroxylation is 1. The van der Waals surface area contributed by atoms with Gasteiger partial charge in [0.05, 0.1) is 20.8 Å². The van der Waals surface area contributed by atoms with Gasteiger partial charge in [0.2, 0.25) is 0 Å². The monoisotopic (exact) mass is 545 g/mol. The lowest BCUT2D eigenvalue weighted by Crippen LogP contribution is -2.44. The van der Waals surface area contributed by atoms with Crippen molar-refractivity contribution >= 4 is 41.3 Å². The van der Waals surface area contributed by atoms with Gasteiger partial charge in [0.1, 0.15) is 16.5 Å². The molecule has 3 rings (SSSR count). The van der Waals surface area contributed by atoms with Gasteiger partial charge in [-0.05, 0) is 30.5 Å². The van der Waals surface area contributed by atoms with Crippen molar-refractivity contribution in [3.05, 3.63) is 39.8 Å². The van der Waals surface area contributed by atoms with Crippen molar-refractivity contribution in [2.24, 2.45) is 4.99 Å². The second-order valence-electron chi connectivity index (χ2n) is 7.09. The third-order valence-corrected chi connectivity index (χ3v) is 6.15. The minimum Gasteiger partial charge on any atom is -0.497 e. The van der Waals surface area contributed by atoms with Crippen LogP contribution in [-0.2, 0) is 19.5 Å². The van der Waals surface area contributed by atoms with E-state index in [2.05, 4.69) is 44.6 Å². The van der Waals surface area contributed by atoms with Gasteiger partial charge >= 0.3 is 0 Å². The number of benzene rings is 1. The fraction of sp³-hybridized carbons (Fsp3) is 0.524. The fourth-order valence-corrected chi connectivity index (χ4v) is 4.25. The summed E-state index contributed by atoms with van der Waals surface area (Å²) in [4.78, 5) is 12.6. The number of nitrogens with one attached hydrogen (secondary N) is 2. The Bertz CT molecular complexity index is 807. The van der Waals surface area contributed by atoms with Gasteiger partial charge in [0.25, 0.3) is 0 Å². The zero-order valence-electron chi connectivity index (χ0n) is 18.1. The first-order valence-corrected chi connectivity index (χ1v) is 10.8. The van der Waals surface area contributed by atoms with Crippen LogP contribution in [-0.4, -0.2) is 56.2 Å². The molecule has 1 aromatic heterocycles. The van der Waals surface area contributed by atoms with Crippen LogP contribution in [0.15, 0.2) is 29.4 Å². The number of thiazole rings is 1. The van der Waals surface area contributed by atoms with Crippen molar-refractivity contribution in [3.8, 4) is 11.5 Å². The fourth-order valence-electron chi connectivity index (χ4n) is 3.45. The lowest BCUT2D eigenvalue weighted by atomic mass is 10.2. The molecule has 0 amide bonds. The first-order chi connectivity index (χ1) is 14.1. The minimum absolute atomic E-state index is 0. The summed E-state index contributed by atoms with van der Waals surface area (Å²) >= 11 is 1.75. The highest BCUT2D eigenvalue weighted by Crippen LogP contribution is 2.24. The number of halogens is 1. The normalized spacial score (nSPS) is 16.8. The van der Waals surface area contributed by atoms with Crippen LogP contribution < -0.4 is 20.1 Å². The number of likely N-dealkylation sites (tertiary alicyclic amines) is 1. The van der Waals surface area contributed by atoms with E-state index in [4.69, 9.17) is 9.47 Å². The standard InChI is InChI=1S/C21H31N5O2S.HI/c1-5-19-11-23-20(29-19)12-24-21(22-2)25-16-6-7-26(14-16)13-15-8-17(27-3)10-18(9-15)28-4;/h8-11,16H,5-7,12-14H2,1-4H3,(H2,22,24,25);1H. The predicted molar refractivity (Wildman–Crippen MR) is 133 cm³/mol. The first kappa shape index (κ1) is 24.7. The second-order valence-corrected chi connectivity index (χ2v) is 8.29. The molecule has 1 unspecified atom stereocenters. The van der Waals surface area contributed by atoms with Gasteiger partial charge in [-0.3, -0.25) is 9.89 Å². The van der Waals surface area contributed by atoms with Gasteiger partial charge in [0.15, 0.2) is 5.96 Å². The summed E-state index contributed by atoms with van der Waals surface area (Å²) in [6.45, 7) is 5.73. The summed E-state index contributed by atoms with van der Waals surface area (Å²) in [5.41, 5.74) is 1.19.